The largest absolute Gasteiger partial charge is 0.344 e. The molecule has 1 heterocycles. The van der Waals surface area contributed by atoms with Gasteiger partial charge in [-0.1, -0.05) is 15.9 Å². The topological polar surface area (TPSA) is 49.0 Å². The van der Waals surface area contributed by atoms with Crippen molar-refractivity contribution in [2.24, 2.45) is 0 Å². The van der Waals surface area contributed by atoms with Gasteiger partial charge in [0.1, 0.15) is 11.6 Å². The van der Waals surface area contributed by atoms with E-state index in [2.05, 4.69) is 15.9 Å². The fraction of sp³-hybridized carbons (Fsp3) is 0.125. The van der Waals surface area contributed by atoms with Crippen LogP contribution in [0.2, 0.25) is 0 Å². The molecule has 0 aliphatic heterocycles. The van der Waals surface area contributed by atoms with Gasteiger partial charge >= 0.3 is 0 Å². The van der Waals surface area contributed by atoms with Crippen molar-refractivity contribution in [3.8, 4) is 11.8 Å². The van der Waals surface area contributed by atoms with Crippen LogP contribution < -0.4 is 0 Å². The highest BCUT2D eigenvalue weighted by molar-refractivity contribution is 9.10. The Balaban J connectivity index is 2.43. The number of hydrogen-bond donors (Lipinski definition) is 0. The summed E-state index contributed by atoms with van der Waals surface area (Å²) in [6, 6.07) is 13.5. The first-order valence-electron chi connectivity index (χ1n) is 6.29. The Kier molecular flexibility index (Phi) is 4.61. The van der Waals surface area contributed by atoms with E-state index >= 15 is 0 Å². The van der Waals surface area contributed by atoms with Crippen LogP contribution >= 0.6 is 15.9 Å². The summed E-state index contributed by atoms with van der Waals surface area (Å²) in [7, 11) is 3.25. The summed E-state index contributed by atoms with van der Waals surface area (Å²) in [4.78, 5) is 13.3. The first kappa shape index (κ1) is 15.1. The van der Waals surface area contributed by atoms with Crippen LogP contribution in [0.15, 0.2) is 52.6 Å². The molecular weight excluding hydrogens is 330 g/mol. The molecule has 2 aromatic rings. The number of carbonyl (C=O) groups is 1. The molecule has 106 valence electrons. The van der Waals surface area contributed by atoms with E-state index in [9.17, 15) is 4.79 Å². The van der Waals surface area contributed by atoms with Crippen LogP contribution in [0.4, 0.5) is 0 Å². The van der Waals surface area contributed by atoms with Crippen molar-refractivity contribution in [2.45, 2.75) is 0 Å². The van der Waals surface area contributed by atoms with Gasteiger partial charge in [0.2, 0.25) is 0 Å². The van der Waals surface area contributed by atoms with Gasteiger partial charge in [-0.05, 0) is 42.5 Å². The number of aromatic nitrogens is 1. The number of rotatable bonds is 3. The van der Waals surface area contributed by atoms with Gasteiger partial charge in [-0.15, -0.1) is 0 Å². The zero-order chi connectivity index (χ0) is 15.4. The predicted molar refractivity (Wildman–Crippen MR) is 85.8 cm³/mol. The lowest BCUT2D eigenvalue weighted by atomic mass is 10.2. The average Bonchev–Trinajstić information content (AvgIpc) is 2.93. The summed E-state index contributed by atoms with van der Waals surface area (Å²) in [6.45, 7) is 0. The minimum atomic E-state index is -0.305. The maximum Gasteiger partial charge on any atom is 0.264 e. The van der Waals surface area contributed by atoms with Gasteiger partial charge in [0.05, 0.1) is 0 Å². The van der Waals surface area contributed by atoms with E-state index in [1.54, 1.807) is 20.2 Å². The van der Waals surface area contributed by atoms with Gasteiger partial charge in [0.25, 0.3) is 5.91 Å². The molecule has 5 heteroatoms. The van der Waals surface area contributed by atoms with Crippen LogP contribution in [0.1, 0.15) is 5.69 Å². The van der Waals surface area contributed by atoms with Crippen molar-refractivity contribution in [1.82, 2.24) is 9.47 Å². The molecule has 0 radical (unpaired) electrons. The van der Waals surface area contributed by atoms with Crippen molar-refractivity contribution >= 4 is 27.9 Å². The normalized spacial score (nSPS) is 11.0. The van der Waals surface area contributed by atoms with Crippen molar-refractivity contribution in [1.29, 1.82) is 5.26 Å². The summed E-state index contributed by atoms with van der Waals surface area (Å²) in [5.74, 6) is -0.305. The first-order chi connectivity index (χ1) is 10.0. The second kappa shape index (κ2) is 6.42. The summed E-state index contributed by atoms with van der Waals surface area (Å²) < 4.78 is 2.92. The molecule has 0 aliphatic carbocycles. The van der Waals surface area contributed by atoms with E-state index in [4.69, 9.17) is 5.26 Å². The third kappa shape index (κ3) is 3.41. The van der Waals surface area contributed by atoms with Gasteiger partial charge in [-0.25, -0.2) is 0 Å². The smallest absolute Gasteiger partial charge is 0.264 e. The number of nitrogens with zero attached hydrogens (tertiary/aromatic N) is 3. The average molecular weight is 344 g/mol. The molecule has 1 aromatic heterocycles. The molecule has 1 amide bonds. The number of carbonyl (C=O) groups excluding carboxylic acids is 1. The number of benzene rings is 1. The monoisotopic (exact) mass is 343 g/mol. The first-order valence-corrected chi connectivity index (χ1v) is 7.09. The summed E-state index contributed by atoms with van der Waals surface area (Å²) in [5.41, 5.74) is 1.85. The van der Waals surface area contributed by atoms with Crippen LogP contribution in [0, 0.1) is 11.3 Å². The van der Waals surface area contributed by atoms with E-state index in [0.717, 1.165) is 15.9 Å². The van der Waals surface area contributed by atoms with Crippen molar-refractivity contribution in [2.75, 3.05) is 14.1 Å². The minimum Gasteiger partial charge on any atom is -0.344 e. The van der Waals surface area contributed by atoms with E-state index in [1.165, 1.54) is 4.90 Å². The summed E-state index contributed by atoms with van der Waals surface area (Å²) in [6.07, 6.45) is 3.49. The number of amides is 1. The number of halogens is 1. The Bertz CT molecular complexity index is 721. The predicted octanol–water partition coefficient (Wildman–Crippen LogP) is 3.23. The number of nitriles is 1. The van der Waals surface area contributed by atoms with Crippen LogP contribution in [-0.2, 0) is 4.79 Å². The highest BCUT2D eigenvalue weighted by Gasteiger charge is 2.12. The lowest BCUT2D eigenvalue weighted by Crippen LogP contribution is -2.22. The molecule has 0 N–H and O–H groups in total. The molecule has 0 bridgehead atoms. The van der Waals surface area contributed by atoms with Crippen molar-refractivity contribution in [3.05, 3.63) is 58.3 Å². The standard InChI is InChI=1S/C16H14BrN3O/c1-19(2)16(21)12(11-18)10-15-4-3-9-20(15)14-7-5-13(17)6-8-14/h3-10H,1-2H3/b12-10-. The van der Waals surface area contributed by atoms with Crippen LogP contribution in [0.5, 0.6) is 0 Å². The third-order valence-electron chi connectivity index (χ3n) is 2.93. The molecule has 4 nitrogen and oxygen atoms in total. The van der Waals surface area contributed by atoms with E-state index in [0.29, 0.717) is 0 Å². The fourth-order valence-corrected chi connectivity index (χ4v) is 2.14. The quantitative estimate of drug-likeness (QED) is 0.634. The maximum atomic E-state index is 11.9. The van der Waals surface area contributed by atoms with Crippen molar-refractivity contribution in [3.63, 3.8) is 0 Å². The van der Waals surface area contributed by atoms with Crippen LogP contribution in [0.3, 0.4) is 0 Å². The highest BCUT2D eigenvalue weighted by atomic mass is 79.9. The second-order valence-electron chi connectivity index (χ2n) is 4.65. The molecule has 0 atom stereocenters. The number of likely N-dealkylation sites (N-methyl/N-ethyl adjacent to an activating group) is 1. The minimum absolute atomic E-state index is 0.108. The van der Waals surface area contributed by atoms with E-state index in [1.807, 2.05) is 53.2 Å². The van der Waals surface area contributed by atoms with Gasteiger partial charge in [0, 0.05) is 36.1 Å². The zero-order valence-corrected chi connectivity index (χ0v) is 13.3. The molecule has 2 rings (SSSR count). The van der Waals surface area contributed by atoms with Gasteiger partial charge in [0.15, 0.2) is 0 Å². The molecule has 0 saturated heterocycles. The lowest BCUT2D eigenvalue weighted by molar-refractivity contribution is -0.124. The fourth-order valence-electron chi connectivity index (χ4n) is 1.88. The Morgan fingerprint density at radius 2 is 1.95 bits per heavy atom. The Hall–Kier alpha value is -2.32. The van der Waals surface area contributed by atoms with Crippen LogP contribution in [0.25, 0.3) is 11.8 Å². The lowest BCUT2D eigenvalue weighted by Gasteiger charge is -2.10. The third-order valence-corrected chi connectivity index (χ3v) is 3.46. The Morgan fingerprint density at radius 3 is 2.52 bits per heavy atom. The maximum absolute atomic E-state index is 11.9. The number of hydrogen-bond acceptors (Lipinski definition) is 2. The zero-order valence-electron chi connectivity index (χ0n) is 11.7. The molecule has 21 heavy (non-hydrogen) atoms. The molecule has 0 saturated carbocycles. The van der Waals surface area contributed by atoms with Crippen LogP contribution in [-0.4, -0.2) is 29.5 Å². The summed E-state index contributed by atoms with van der Waals surface area (Å²) in [5, 5.41) is 9.16. The molecule has 0 fully saturated rings. The molecule has 1 aromatic carbocycles. The molecule has 0 unspecified atom stereocenters. The van der Waals surface area contributed by atoms with E-state index in [-0.39, 0.29) is 11.5 Å². The molecule has 0 aliphatic rings. The Labute approximate surface area is 132 Å². The Morgan fingerprint density at radius 1 is 1.29 bits per heavy atom. The van der Waals surface area contributed by atoms with Crippen molar-refractivity contribution < 1.29 is 4.79 Å². The van der Waals surface area contributed by atoms with Gasteiger partial charge < -0.3 is 9.47 Å². The SMILES string of the molecule is CN(C)C(=O)/C(C#N)=C\c1cccn1-c1ccc(Br)cc1. The van der Waals surface area contributed by atoms with E-state index < -0.39 is 0 Å². The van der Waals surface area contributed by atoms with Gasteiger partial charge in [-0.3, -0.25) is 4.79 Å². The second-order valence-corrected chi connectivity index (χ2v) is 5.56. The van der Waals surface area contributed by atoms with Gasteiger partial charge in [-0.2, -0.15) is 5.26 Å². The molecule has 0 spiro atoms. The summed E-state index contributed by atoms with van der Waals surface area (Å²) >= 11 is 3.40. The molecular formula is C16H14BrN3O. The highest BCUT2D eigenvalue weighted by Crippen LogP contribution is 2.18.